The summed E-state index contributed by atoms with van der Waals surface area (Å²) < 4.78 is 18.4. The van der Waals surface area contributed by atoms with E-state index in [9.17, 15) is 9.18 Å². The Morgan fingerprint density at radius 2 is 2.32 bits per heavy atom. The first-order valence-corrected chi connectivity index (χ1v) is 6.43. The first-order chi connectivity index (χ1) is 9.10. The second kappa shape index (κ2) is 6.02. The van der Waals surface area contributed by atoms with Gasteiger partial charge in [-0.1, -0.05) is 6.07 Å². The molecule has 0 radical (unpaired) electrons. The van der Waals surface area contributed by atoms with Crippen LogP contribution in [0.15, 0.2) is 18.2 Å². The van der Waals surface area contributed by atoms with Gasteiger partial charge >= 0.3 is 0 Å². The lowest BCUT2D eigenvalue weighted by Crippen LogP contribution is -2.44. The lowest BCUT2D eigenvalue weighted by atomic mass is 9.98. The summed E-state index contributed by atoms with van der Waals surface area (Å²) in [5, 5.41) is 6.01. The van der Waals surface area contributed by atoms with E-state index in [1.807, 2.05) is 6.92 Å². The predicted molar refractivity (Wildman–Crippen MR) is 70.5 cm³/mol. The van der Waals surface area contributed by atoms with E-state index >= 15 is 0 Å². The lowest BCUT2D eigenvalue weighted by Gasteiger charge is -2.27. The van der Waals surface area contributed by atoms with Gasteiger partial charge in [0, 0.05) is 6.42 Å². The normalized spacial score (nSPS) is 16.6. The number of hydrogen-bond acceptors (Lipinski definition) is 3. The van der Waals surface area contributed by atoms with Crippen molar-refractivity contribution in [3.8, 4) is 5.75 Å². The number of carbonyl (C=O) groups excluding carboxylic acids is 1. The van der Waals surface area contributed by atoms with Crippen LogP contribution < -0.4 is 15.4 Å². The van der Waals surface area contributed by atoms with Crippen LogP contribution in [0.1, 0.15) is 24.9 Å². The standard InChI is InChI=1S/C14H19FN2O2/c1-9(17-14(18)5-10-7-16-8-10)11-3-4-13(19-2)12(15)6-11/h3-4,6,9-10,16H,5,7-8H2,1-2H3,(H,17,18). The van der Waals surface area contributed by atoms with Gasteiger partial charge in [0.05, 0.1) is 13.2 Å². The molecule has 4 nitrogen and oxygen atoms in total. The molecule has 0 saturated carbocycles. The van der Waals surface area contributed by atoms with Crippen LogP contribution in [0.2, 0.25) is 0 Å². The van der Waals surface area contributed by atoms with Gasteiger partial charge in [-0.2, -0.15) is 0 Å². The zero-order valence-electron chi connectivity index (χ0n) is 11.2. The van der Waals surface area contributed by atoms with Crippen LogP contribution in [0.4, 0.5) is 4.39 Å². The van der Waals surface area contributed by atoms with Gasteiger partial charge < -0.3 is 15.4 Å². The molecule has 0 aliphatic carbocycles. The van der Waals surface area contributed by atoms with E-state index in [0.717, 1.165) is 18.7 Å². The average Bonchev–Trinajstić information content (AvgIpc) is 2.33. The first kappa shape index (κ1) is 13.8. The van der Waals surface area contributed by atoms with Crippen molar-refractivity contribution >= 4 is 5.91 Å². The van der Waals surface area contributed by atoms with Crippen molar-refractivity contribution in [2.45, 2.75) is 19.4 Å². The van der Waals surface area contributed by atoms with E-state index in [1.165, 1.54) is 13.2 Å². The summed E-state index contributed by atoms with van der Waals surface area (Å²) in [6.45, 7) is 3.65. The van der Waals surface area contributed by atoms with Crippen molar-refractivity contribution in [3.63, 3.8) is 0 Å². The number of methoxy groups -OCH3 is 1. The second-order valence-electron chi connectivity index (χ2n) is 4.91. The van der Waals surface area contributed by atoms with Crippen LogP contribution >= 0.6 is 0 Å². The third kappa shape index (κ3) is 3.44. The number of hydrogen-bond donors (Lipinski definition) is 2. The Balaban J connectivity index is 1.92. The number of amides is 1. The summed E-state index contributed by atoms with van der Waals surface area (Å²) in [6, 6.07) is 4.52. The zero-order valence-corrected chi connectivity index (χ0v) is 11.2. The summed E-state index contributed by atoms with van der Waals surface area (Å²) in [4.78, 5) is 11.8. The molecule has 0 spiro atoms. The topological polar surface area (TPSA) is 50.4 Å². The Morgan fingerprint density at radius 3 is 2.84 bits per heavy atom. The highest BCUT2D eigenvalue weighted by atomic mass is 19.1. The van der Waals surface area contributed by atoms with E-state index in [-0.39, 0.29) is 17.7 Å². The Hall–Kier alpha value is -1.62. The van der Waals surface area contributed by atoms with E-state index in [1.54, 1.807) is 12.1 Å². The largest absolute Gasteiger partial charge is 0.494 e. The van der Waals surface area contributed by atoms with Crippen molar-refractivity contribution in [1.29, 1.82) is 0 Å². The Bertz CT molecular complexity index is 461. The Labute approximate surface area is 112 Å². The first-order valence-electron chi connectivity index (χ1n) is 6.43. The Morgan fingerprint density at radius 1 is 1.58 bits per heavy atom. The molecule has 2 N–H and O–H groups in total. The number of carbonyl (C=O) groups is 1. The molecule has 0 bridgehead atoms. The number of halogens is 1. The third-order valence-corrected chi connectivity index (χ3v) is 3.39. The molecule has 1 saturated heterocycles. The summed E-state index contributed by atoms with van der Waals surface area (Å²) in [5.41, 5.74) is 0.735. The molecule has 1 aromatic rings. The molecule has 2 rings (SSSR count). The number of ether oxygens (including phenoxy) is 1. The summed E-state index contributed by atoms with van der Waals surface area (Å²) in [6.07, 6.45) is 0.524. The van der Waals surface area contributed by atoms with E-state index < -0.39 is 5.82 Å². The summed E-state index contributed by atoms with van der Waals surface area (Å²) in [5.74, 6) is 0.238. The zero-order chi connectivity index (χ0) is 13.8. The molecule has 19 heavy (non-hydrogen) atoms. The molecule has 1 aliphatic heterocycles. The highest BCUT2D eigenvalue weighted by Crippen LogP contribution is 2.22. The lowest BCUT2D eigenvalue weighted by molar-refractivity contribution is -0.123. The molecule has 1 unspecified atom stereocenters. The van der Waals surface area contributed by atoms with Crippen LogP contribution in [0, 0.1) is 11.7 Å². The maximum absolute atomic E-state index is 13.6. The molecule has 1 fully saturated rings. The van der Waals surface area contributed by atoms with Crippen molar-refractivity contribution < 1.29 is 13.9 Å². The number of rotatable bonds is 5. The fourth-order valence-corrected chi connectivity index (χ4v) is 2.09. The predicted octanol–water partition coefficient (Wildman–Crippen LogP) is 1.62. The third-order valence-electron chi connectivity index (χ3n) is 3.39. The van der Waals surface area contributed by atoms with Crippen LogP contribution in [-0.2, 0) is 4.79 Å². The smallest absolute Gasteiger partial charge is 0.220 e. The highest BCUT2D eigenvalue weighted by Gasteiger charge is 2.21. The van der Waals surface area contributed by atoms with Crippen LogP contribution in [0.25, 0.3) is 0 Å². The number of nitrogens with one attached hydrogen (secondary N) is 2. The molecule has 1 atom stereocenters. The van der Waals surface area contributed by atoms with Crippen LogP contribution in [0.5, 0.6) is 5.75 Å². The van der Waals surface area contributed by atoms with Gasteiger partial charge in [0.25, 0.3) is 0 Å². The van der Waals surface area contributed by atoms with Crippen LogP contribution in [0.3, 0.4) is 0 Å². The van der Waals surface area contributed by atoms with Crippen LogP contribution in [-0.4, -0.2) is 26.1 Å². The highest BCUT2D eigenvalue weighted by molar-refractivity contribution is 5.76. The second-order valence-corrected chi connectivity index (χ2v) is 4.91. The SMILES string of the molecule is COc1ccc(C(C)NC(=O)CC2CNC2)cc1F. The summed E-state index contributed by atoms with van der Waals surface area (Å²) >= 11 is 0. The average molecular weight is 266 g/mol. The van der Waals surface area contributed by atoms with Gasteiger partial charge in [-0.3, -0.25) is 4.79 Å². The minimum Gasteiger partial charge on any atom is -0.494 e. The molecule has 1 amide bonds. The molecule has 5 heteroatoms. The Kier molecular flexibility index (Phi) is 4.37. The maximum atomic E-state index is 13.6. The maximum Gasteiger partial charge on any atom is 0.220 e. The van der Waals surface area contributed by atoms with Gasteiger partial charge in [-0.15, -0.1) is 0 Å². The monoisotopic (exact) mass is 266 g/mol. The molecule has 104 valence electrons. The quantitative estimate of drug-likeness (QED) is 0.851. The molecule has 1 aliphatic rings. The van der Waals surface area contributed by atoms with Gasteiger partial charge in [0.15, 0.2) is 11.6 Å². The molecular formula is C14H19FN2O2. The molecule has 1 heterocycles. The van der Waals surface area contributed by atoms with Crippen molar-refractivity contribution in [3.05, 3.63) is 29.6 Å². The molecular weight excluding hydrogens is 247 g/mol. The van der Waals surface area contributed by atoms with Gasteiger partial charge in [-0.05, 0) is 43.6 Å². The van der Waals surface area contributed by atoms with Gasteiger partial charge in [0.2, 0.25) is 5.91 Å². The number of benzene rings is 1. The fourth-order valence-electron chi connectivity index (χ4n) is 2.09. The molecule has 1 aromatic carbocycles. The molecule has 0 aromatic heterocycles. The van der Waals surface area contributed by atoms with Crippen molar-refractivity contribution in [2.75, 3.05) is 20.2 Å². The van der Waals surface area contributed by atoms with E-state index in [0.29, 0.717) is 12.3 Å². The summed E-state index contributed by atoms with van der Waals surface area (Å²) in [7, 11) is 1.43. The minimum atomic E-state index is -0.413. The minimum absolute atomic E-state index is 0.00947. The van der Waals surface area contributed by atoms with Crippen molar-refractivity contribution in [1.82, 2.24) is 10.6 Å². The van der Waals surface area contributed by atoms with E-state index in [2.05, 4.69) is 10.6 Å². The van der Waals surface area contributed by atoms with E-state index in [4.69, 9.17) is 4.74 Å². The van der Waals surface area contributed by atoms with Gasteiger partial charge in [0.1, 0.15) is 0 Å². The fraction of sp³-hybridized carbons (Fsp3) is 0.500. The van der Waals surface area contributed by atoms with Crippen molar-refractivity contribution in [2.24, 2.45) is 5.92 Å². The van der Waals surface area contributed by atoms with Gasteiger partial charge in [-0.25, -0.2) is 4.39 Å².